The number of nitrogen functional groups attached to an aromatic ring is 2. The van der Waals surface area contributed by atoms with E-state index in [9.17, 15) is 4.79 Å². The summed E-state index contributed by atoms with van der Waals surface area (Å²) in [6.45, 7) is 5.42. The molecule has 15 heavy (non-hydrogen) atoms. The van der Waals surface area contributed by atoms with Crippen molar-refractivity contribution in [1.82, 2.24) is 0 Å². The maximum Gasteiger partial charge on any atom is 0.338 e. The topological polar surface area (TPSA) is 78.3 Å². The van der Waals surface area contributed by atoms with Crippen LogP contribution < -0.4 is 11.5 Å². The first-order valence-corrected chi connectivity index (χ1v) is 4.64. The van der Waals surface area contributed by atoms with Crippen molar-refractivity contribution in [3.8, 4) is 0 Å². The van der Waals surface area contributed by atoms with Crippen LogP contribution in [-0.4, -0.2) is 13.1 Å². The first kappa shape index (κ1) is 11.4. The Morgan fingerprint density at radius 3 is 1.73 bits per heavy atom. The quantitative estimate of drug-likeness (QED) is 0.542. The largest absolute Gasteiger partial charge is 0.465 e. The van der Waals surface area contributed by atoms with Gasteiger partial charge < -0.3 is 16.2 Å². The van der Waals surface area contributed by atoms with Crippen molar-refractivity contribution in [2.24, 2.45) is 0 Å². The summed E-state index contributed by atoms with van der Waals surface area (Å²) in [5.41, 5.74) is 15.6. The van der Waals surface area contributed by atoms with Crippen LogP contribution in [0.5, 0.6) is 0 Å². The molecule has 0 saturated carbocycles. The van der Waals surface area contributed by atoms with E-state index >= 15 is 0 Å². The normalized spacial score (nSPS) is 10.1. The zero-order chi connectivity index (χ0) is 11.7. The first-order valence-electron chi connectivity index (χ1n) is 4.64. The first-order chi connectivity index (χ1) is 6.91. The third-order valence-electron chi connectivity index (χ3n) is 2.76. The van der Waals surface area contributed by atoms with Gasteiger partial charge in [0, 0.05) is 11.4 Å². The summed E-state index contributed by atoms with van der Waals surface area (Å²) in [7, 11) is 1.34. The standard InChI is InChI=1S/C11H16N2O2/c1-5-8(11(14)15-4)6(2)10(13)7(3)9(5)12/h12-13H2,1-4H3. The van der Waals surface area contributed by atoms with Crippen molar-refractivity contribution in [2.75, 3.05) is 18.6 Å². The Balaban J connectivity index is 3.60. The Labute approximate surface area is 89.2 Å². The molecule has 0 radical (unpaired) electrons. The van der Waals surface area contributed by atoms with Crippen LogP contribution in [0, 0.1) is 20.8 Å². The lowest BCUT2D eigenvalue weighted by molar-refractivity contribution is 0.0599. The van der Waals surface area contributed by atoms with Gasteiger partial charge in [-0.2, -0.15) is 0 Å². The van der Waals surface area contributed by atoms with Crippen LogP contribution in [0.2, 0.25) is 0 Å². The molecule has 1 aromatic rings. The van der Waals surface area contributed by atoms with Crippen LogP contribution in [0.15, 0.2) is 0 Å². The minimum absolute atomic E-state index is 0.400. The molecule has 0 heterocycles. The highest BCUT2D eigenvalue weighted by atomic mass is 16.5. The Hall–Kier alpha value is -1.71. The second-order valence-electron chi connectivity index (χ2n) is 3.57. The zero-order valence-electron chi connectivity index (χ0n) is 9.47. The summed E-state index contributed by atoms with van der Waals surface area (Å²) in [5.74, 6) is -0.400. The molecule has 1 aromatic carbocycles. The number of methoxy groups -OCH3 is 1. The van der Waals surface area contributed by atoms with Gasteiger partial charge in [0.1, 0.15) is 0 Å². The average Bonchev–Trinajstić information content (AvgIpc) is 2.23. The average molecular weight is 208 g/mol. The second-order valence-corrected chi connectivity index (χ2v) is 3.57. The third kappa shape index (κ3) is 1.63. The number of hydrogen-bond donors (Lipinski definition) is 2. The van der Waals surface area contributed by atoms with Gasteiger partial charge in [0.2, 0.25) is 0 Å². The smallest absolute Gasteiger partial charge is 0.338 e. The van der Waals surface area contributed by atoms with Crippen molar-refractivity contribution in [3.63, 3.8) is 0 Å². The SMILES string of the molecule is COC(=O)c1c(C)c(N)c(C)c(N)c1C. The number of rotatable bonds is 1. The van der Waals surface area contributed by atoms with E-state index in [4.69, 9.17) is 16.2 Å². The van der Waals surface area contributed by atoms with Crippen molar-refractivity contribution in [1.29, 1.82) is 0 Å². The van der Waals surface area contributed by atoms with Crippen molar-refractivity contribution in [3.05, 3.63) is 22.3 Å². The maximum absolute atomic E-state index is 11.5. The van der Waals surface area contributed by atoms with Crippen LogP contribution in [0.1, 0.15) is 27.0 Å². The molecule has 0 unspecified atom stereocenters. The molecule has 4 N–H and O–H groups in total. The molecule has 0 aliphatic rings. The highest BCUT2D eigenvalue weighted by Crippen LogP contribution is 2.30. The van der Waals surface area contributed by atoms with Gasteiger partial charge in [-0.1, -0.05) is 0 Å². The number of benzene rings is 1. The zero-order valence-corrected chi connectivity index (χ0v) is 9.47. The number of ether oxygens (including phenoxy) is 1. The van der Waals surface area contributed by atoms with Crippen molar-refractivity contribution in [2.45, 2.75) is 20.8 Å². The van der Waals surface area contributed by atoms with Gasteiger partial charge in [-0.15, -0.1) is 0 Å². The fraction of sp³-hybridized carbons (Fsp3) is 0.364. The van der Waals surface area contributed by atoms with Crippen molar-refractivity contribution < 1.29 is 9.53 Å². The summed E-state index contributed by atoms with van der Waals surface area (Å²) >= 11 is 0. The number of hydrogen-bond acceptors (Lipinski definition) is 4. The Bertz CT molecular complexity index is 396. The van der Waals surface area contributed by atoms with Gasteiger partial charge in [-0.3, -0.25) is 0 Å². The summed E-state index contributed by atoms with van der Waals surface area (Å²) in [4.78, 5) is 11.5. The molecule has 4 nitrogen and oxygen atoms in total. The molecule has 0 aliphatic carbocycles. The number of carbonyl (C=O) groups excluding carboxylic acids is 1. The Kier molecular flexibility index (Phi) is 2.88. The molecule has 1 rings (SSSR count). The highest BCUT2D eigenvalue weighted by Gasteiger charge is 2.19. The van der Waals surface area contributed by atoms with Crippen LogP contribution >= 0.6 is 0 Å². The van der Waals surface area contributed by atoms with Gasteiger partial charge in [0.15, 0.2) is 0 Å². The maximum atomic E-state index is 11.5. The molecule has 0 spiro atoms. The van der Waals surface area contributed by atoms with E-state index < -0.39 is 5.97 Å². The van der Waals surface area contributed by atoms with Crippen LogP contribution in [0.25, 0.3) is 0 Å². The van der Waals surface area contributed by atoms with Gasteiger partial charge in [-0.05, 0) is 37.5 Å². The number of nitrogens with two attached hydrogens (primary N) is 2. The minimum atomic E-state index is -0.400. The fourth-order valence-corrected chi connectivity index (χ4v) is 1.67. The molecule has 0 aliphatic heterocycles. The van der Waals surface area contributed by atoms with E-state index in [0.717, 1.165) is 16.7 Å². The summed E-state index contributed by atoms with van der Waals surface area (Å²) < 4.78 is 4.70. The van der Waals surface area contributed by atoms with Gasteiger partial charge in [-0.25, -0.2) is 4.79 Å². The van der Waals surface area contributed by atoms with E-state index in [1.165, 1.54) is 7.11 Å². The lowest BCUT2D eigenvalue weighted by atomic mass is 9.95. The van der Waals surface area contributed by atoms with E-state index in [1.54, 1.807) is 13.8 Å². The summed E-state index contributed by atoms with van der Waals surface area (Å²) in [6, 6.07) is 0. The number of anilines is 2. The molecule has 0 aromatic heterocycles. The van der Waals surface area contributed by atoms with E-state index in [2.05, 4.69) is 0 Å². The molecular formula is C11H16N2O2. The predicted molar refractivity (Wildman–Crippen MR) is 60.8 cm³/mol. The number of carbonyl (C=O) groups is 1. The monoisotopic (exact) mass is 208 g/mol. The summed E-state index contributed by atoms with van der Waals surface area (Å²) in [5, 5.41) is 0. The van der Waals surface area contributed by atoms with Crippen molar-refractivity contribution >= 4 is 17.3 Å². The molecule has 0 fully saturated rings. The Morgan fingerprint density at radius 1 is 1.00 bits per heavy atom. The third-order valence-corrected chi connectivity index (χ3v) is 2.76. The lowest BCUT2D eigenvalue weighted by Crippen LogP contribution is -2.12. The van der Waals surface area contributed by atoms with Crippen LogP contribution in [-0.2, 0) is 4.74 Å². The molecule has 0 bridgehead atoms. The second kappa shape index (κ2) is 3.81. The van der Waals surface area contributed by atoms with E-state index in [0.29, 0.717) is 16.9 Å². The highest BCUT2D eigenvalue weighted by molar-refractivity contribution is 5.97. The van der Waals surface area contributed by atoms with Crippen LogP contribution in [0.3, 0.4) is 0 Å². The van der Waals surface area contributed by atoms with Gasteiger partial charge in [0.25, 0.3) is 0 Å². The fourth-order valence-electron chi connectivity index (χ4n) is 1.67. The molecule has 0 atom stereocenters. The molecular weight excluding hydrogens is 192 g/mol. The minimum Gasteiger partial charge on any atom is -0.465 e. The number of esters is 1. The van der Waals surface area contributed by atoms with E-state index in [1.807, 2.05) is 6.92 Å². The molecule has 0 saturated heterocycles. The predicted octanol–water partition coefficient (Wildman–Crippen LogP) is 1.56. The Morgan fingerprint density at radius 2 is 1.40 bits per heavy atom. The van der Waals surface area contributed by atoms with Crippen LogP contribution in [0.4, 0.5) is 11.4 Å². The summed E-state index contributed by atoms with van der Waals surface area (Å²) in [6.07, 6.45) is 0. The van der Waals surface area contributed by atoms with Gasteiger partial charge >= 0.3 is 5.97 Å². The van der Waals surface area contributed by atoms with Gasteiger partial charge in [0.05, 0.1) is 12.7 Å². The molecule has 82 valence electrons. The van der Waals surface area contributed by atoms with E-state index in [-0.39, 0.29) is 0 Å². The lowest BCUT2D eigenvalue weighted by Gasteiger charge is -2.16. The molecule has 4 heteroatoms. The molecule has 0 amide bonds.